The number of hydrogen-bond acceptors (Lipinski definition) is 3. The van der Waals surface area contributed by atoms with Crippen LogP contribution in [0.4, 0.5) is 0 Å². The summed E-state index contributed by atoms with van der Waals surface area (Å²) in [4.78, 5) is 17.9. The van der Waals surface area contributed by atoms with Crippen molar-refractivity contribution >= 4 is 5.65 Å². The molecule has 0 spiro atoms. The number of aryl methyl sites for hydroxylation is 2. The normalized spacial score (nSPS) is 10.8. The van der Waals surface area contributed by atoms with E-state index in [-0.39, 0.29) is 5.69 Å². The number of nitrogens with one attached hydrogen (secondary N) is 1. The first-order valence-electron chi connectivity index (χ1n) is 3.60. The lowest BCUT2D eigenvalue weighted by Crippen LogP contribution is -2.19. The third-order valence-electron chi connectivity index (χ3n) is 1.58. The molecule has 5 heteroatoms. The van der Waals surface area contributed by atoms with E-state index in [1.54, 1.807) is 13.0 Å². The topological polar surface area (TPSA) is 63.0 Å². The molecule has 0 unspecified atom stereocenters. The smallest absolute Gasteiger partial charge is 0.294 e. The second-order valence-electron chi connectivity index (χ2n) is 2.68. The van der Waals surface area contributed by atoms with Gasteiger partial charge in [0.05, 0.1) is 5.69 Å². The number of aromatic nitrogens is 4. The Labute approximate surface area is 68.1 Å². The lowest BCUT2D eigenvalue weighted by molar-refractivity contribution is 0.810. The monoisotopic (exact) mass is 164 g/mol. The molecule has 0 amide bonds. The zero-order valence-corrected chi connectivity index (χ0v) is 6.83. The number of H-pyrrole nitrogens is 1. The van der Waals surface area contributed by atoms with E-state index >= 15 is 0 Å². The van der Waals surface area contributed by atoms with Gasteiger partial charge in [-0.15, -0.1) is 0 Å². The van der Waals surface area contributed by atoms with Gasteiger partial charge in [-0.1, -0.05) is 0 Å². The highest BCUT2D eigenvalue weighted by atomic mass is 16.1. The Balaban J connectivity index is 2.98. The molecule has 0 bridgehead atoms. The summed E-state index contributed by atoms with van der Waals surface area (Å²) < 4.78 is 1.25. The van der Waals surface area contributed by atoms with E-state index in [2.05, 4.69) is 15.1 Å². The molecule has 0 aliphatic rings. The quantitative estimate of drug-likeness (QED) is 0.597. The molecule has 5 nitrogen and oxygen atoms in total. The van der Waals surface area contributed by atoms with Crippen LogP contribution >= 0.6 is 0 Å². The average molecular weight is 164 g/mol. The molecular weight excluding hydrogens is 156 g/mol. The highest BCUT2D eigenvalue weighted by Crippen LogP contribution is 1.98. The summed E-state index contributed by atoms with van der Waals surface area (Å²) in [6, 6.07) is 1.77. The van der Waals surface area contributed by atoms with Crippen LogP contribution in [0.5, 0.6) is 0 Å². The standard InChI is InChI=1S/C7H8N4O/c1-4-3-6-8-5(2)9-7(12)11(6)10-4/h3H,1-2H3,(H,8,9,12). The molecule has 0 saturated carbocycles. The average Bonchev–Trinajstić information content (AvgIpc) is 2.29. The van der Waals surface area contributed by atoms with Gasteiger partial charge in [-0.2, -0.15) is 9.61 Å². The molecule has 0 atom stereocenters. The second-order valence-corrected chi connectivity index (χ2v) is 2.68. The number of hydrogen-bond donors (Lipinski definition) is 1. The van der Waals surface area contributed by atoms with Crippen molar-refractivity contribution in [2.24, 2.45) is 0 Å². The fourth-order valence-corrected chi connectivity index (χ4v) is 1.12. The maximum absolute atomic E-state index is 11.2. The van der Waals surface area contributed by atoms with E-state index in [0.717, 1.165) is 5.69 Å². The molecular formula is C7H8N4O. The maximum Gasteiger partial charge on any atom is 0.349 e. The van der Waals surface area contributed by atoms with Crippen LogP contribution in [0.1, 0.15) is 11.5 Å². The first-order chi connectivity index (χ1) is 5.66. The van der Waals surface area contributed by atoms with Gasteiger partial charge in [-0.3, -0.25) is 4.98 Å². The first kappa shape index (κ1) is 7.02. The molecule has 0 saturated heterocycles. The van der Waals surface area contributed by atoms with E-state index in [1.165, 1.54) is 4.52 Å². The number of fused-ring (bicyclic) bond motifs is 1. The lowest BCUT2D eigenvalue weighted by atomic mass is 10.5. The lowest BCUT2D eigenvalue weighted by Gasteiger charge is -1.91. The SMILES string of the molecule is Cc1cc2nc(C)[nH]c(=O)n2n1. The molecule has 0 fully saturated rings. The van der Waals surface area contributed by atoms with Gasteiger partial charge in [0.25, 0.3) is 0 Å². The van der Waals surface area contributed by atoms with Gasteiger partial charge < -0.3 is 0 Å². The second kappa shape index (κ2) is 2.17. The summed E-state index contributed by atoms with van der Waals surface area (Å²) in [7, 11) is 0. The Morgan fingerprint density at radius 2 is 2.25 bits per heavy atom. The molecule has 2 heterocycles. The molecule has 2 rings (SSSR count). The van der Waals surface area contributed by atoms with E-state index in [9.17, 15) is 4.79 Å². The van der Waals surface area contributed by atoms with Crippen LogP contribution in [0.3, 0.4) is 0 Å². The zero-order chi connectivity index (χ0) is 8.72. The van der Waals surface area contributed by atoms with E-state index in [4.69, 9.17) is 0 Å². The third-order valence-corrected chi connectivity index (χ3v) is 1.58. The Morgan fingerprint density at radius 1 is 1.50 bits per heavy atom. The molecule has 2 aromatic heterocycles. The number of aromatic amines is 1. The minimum Gasteiger partial charge on any atom is -0.294 e. The predicted octanol–water partition coefficient (Wildman–Crippen LogP) is 0.0344. The van der Waals surface area contributed by atoms with Crippen molar-refractivity contribution in [1.29, 1.82) is 0 Å². The highest BCUT2D eigenvalue weighted by molar-refractivity contribution is 5.37. The summed E-state index contributed by atoms with van der Waals surface area (Å²) >= 11 is 0. The third kappa shape index (κ3) is 0.903. The minimum absolute atomic E-state index is 0.245. The van der Waals surface area contributed by atoms with Gasteiger partial charge >= 0.3 is 5.69 Å². The van der Waals surface area contributed by atoms with Crippen molar-refractivity contribution in [3.8, 4) is 0 Å². The van der Waals surface area contributed by atoms with Crippen molar-refractivity contribution < 1.29 is 0 Å². The maximum atomic E-state index is 11.2. The van der Waals surface area contributed by atoms with Gasteiger partial charge in [0, 0.05) is 6.07 Å². The highest BCUT2D eigenvalue weighted by Gasteiger charge is 2.01. The van der Waals surface area contributed by atoms with Gasteiger partial charge in [0.15, 0.2) is 5.65 Å². The van der Waals surface area contributed by atoms with Crippen molar-refractivity contribution in [2.75, 3.05) is 0 Å². The van der Waals surface area contributed by atoms with Crippen LogP contribution in [-0.4, -0.2) is 19.6 Å². The Morgan fingerprint density at radius 3 is 3.00 bits per heavy atom. The Kier molecular flexibility index (Phi) is 1.27. The summed E-state index contributed by atoms with van der Waals surface area (Å²) in [5.41, 5.74) is 1.14. The fraction of sp³-hybridized carbons (Fsp3) is 0.286. The van der Waals surface area contributed by atoms with Crippen LogP contribution in [0.25, 0.3) is 5.65 Å². The van der Waals surface area contributed by atoms with Crippen LogP contribution < -0.4 is 5.69 Å². The first-order valence-corrected chi connectivity index (χ1v) is 3.60. The molecule has 0 radical (unpaired) electrons. The van der Waals surface area contributed by atoms with E-state index < -0.39 is 0 Å². The van der Waals surface area contributed by atoms with Crippen LogP contribution in [0.2, 0.25) is 0 Å². The molecule has 0 aliphatic carbocycles. The molecule has 0 aliphatic heterocycles. The Hall–Kier alpha value is -1.65. The molecule has 0 aromatic carbocycles. The van der Waals surface area contributed by atoms with Gasteiger partial charge in [-0.25, -0.2) is 9.78 Å². The van der Waals surface area contributed by atoms with Crippen LogP contribution in [0.15, 0.2) is 10.9 Å². The van der Waals surface area contributed by atoms with Crippen molar-refractivity contribution in [3.05, 3.63) is 28.1 Å². The summed E-state index contributed by atoms with van der Waals surface area (Å²) in [5.74, 6) is 0.604. The fourth-order valence-electron chi connectivity index (χ4n) is 1.12. The van der Waals surface area contributed by atoms with E-state index in [1.807, 2.05) is 6.92 Å². The van der Waals surface area contributed by atoms with Gasteiger partial charge in [0.2, 0.25) is 0 Å². The summed E-state index contributed by atoms with van der Waals surface area (Å²) in [6.07, 6.45) is 0. The largest absolute Gasteiger partial charge is 0.349 e. The molecule has 62 valence electrons. The predicted molar refractivity (Wildman–Crippen MR) is 43.1 cm³/mol. The zero-order valence-electron chi connectivity index (χ0n) is 6.83. The number of nitrogens with zero attached hydrogens (tertiary/aromatic N) is 3. The van der Waals surface area contributed by atoms with Crippen molar-refractivity contribution in [3.63, 3.8) is 0 Å². The van der Waals surface area contributed by atoms with Gasteiger partial charge in [-0.05, 0) is 13.8 Å². The minimum atomic E-state index is -0.245. The van der Waals surface area contributed by atoms with Crippen molar-refractivity contribution in [1.82, 2.24) is 19.6 Å². The van der Waals surface area contributed by atoms with Crippen LogP contribution in [0, 0.1) is 13.8 Å². The molecule has 2 aromatic rings. The number of rotatable bonds is 0. The van der Waals surface area contributed by atoms with Crippen molar-refractivity contribution in [2.45, 2.75) is 13.8 Å². The van der Waals surface area contributed by atoms with E-state index in [0.29, 0.717) is 11.5 Å². The molecule has 1 N–H and O–H groups in total. The van der Waals surface area contributed by atoms with Gasteiger partial charge in [0.1, 0.15) is 5.82 Å². The van der Waals surface area contributed by atoms with Crippen LogP contribution in [-0.2, 0) is 0 Å². The summed E-state index contributed by atoms with van der Waals surface area (Å²) in [5, 5.41) is 3.96. The molecule has 12 heavy (non-hydrogen) atoms. The summed E-state index contributed by atoms with van der Waals surface area (Å²) in [6.45, 7) is 3.56. The Bertz CT molecular complexity index is 482.